The summed E-state index contributed by atoms with van der Waals surface area (Å²) in [6.07, 6.45) is 2.14. The van der Waals surface area contributed by atoms with Crippen LogP contribution >= 0.6 is 22.9 Å². The maximum atomic E-state index is 13.9. The highest BCUT2D eigenvalue weighted by Gasteiger charge is 2.30. The first kappa shape index (κ1) is 15.5. The Morgan fingerprint density at radius 3 is 3.00 bits per heavy atom. The van der Waals surface area contributed by atoms with Gasteiger partial charge in [0.2, 0.25) is 5.89 Å². The van der Waals surface area contributed by atoms with E-state index in [1.807, 2.05) is 0 Å². The monoisotopic (exact) mass is 365 g/mol. The molecule has 0 bridgehead atoms. The van der Waals surface area contributed by atoms with Crippen molar-refractivity contribution >= 4 is 38.9 Å². The highest BCUT2D eigenvalue weighted by molar-refractivity contribution is 7.21. The number of amides is 1. The van der Waals surface area contributed by atoms with Crippen LogP contribution in [0.3, 0.4) is 0 Å². The molecule has 1 aliphatic rings. The molecule has 5 nitrogen and oxygen atoms in total. The van der Waals surface area contributed by atoms with E-state index in [1.165, 1.54) is 22.3 Å². The Labute approximate surface area is 146 Å². The van der Waals surface area contributed by atoms with Crippen LogP contribution in [0.5, 0.6) is 0 Å². The van der Waals surface area contributed by atoms with E-state index in [0.29, 0.717) is 27.2 Å². The first-order valence-corrected chi connectivity index (χ1v) is 8.68. The van der Waals surface area contributed by atoms with Crippen LogP contribution in [0, 0.1) is 5.82 Å². The molecule has 0 atom stereocenters. The standard InChI is InChI=1S/C16H13ClFN3O2S/c1-21(7-11-19-15(23-20-11)8-5-6-8)16(22)14-13(17)12-9(18)3-2-4-10(12)24-14/h2-4,8H,5-7H2,1H3. The van der Waals surface area contributed by atoms with Gasteiger partial charge in [-0.25, -0.2) is 4.39 Å². The Kier molecular flexibility index (Phi) is 3.77. The van der Waals surface area contributed by atoms with Crippen LogP contribution in [0.1, 0.15) is 40.1 Å². The van der Waals surface area contributed by atoms with Crippen molar-refractivity contribution in [2.45, 2.75) is 25.3 Å². The van der Waals surface area contributed by atoms with Gasteiger partial charge in [-0.15, -0.1) is 11.3 Å². The number of thiophene rings is 1. The molecule has 3 aromatic rings. The van der Waals surface area contributed by atoms with Gasteiger partial charge in [0.05, 0.1) is 11.6 Å². The van der Waals surface area contributed by atoms with Crippen LogP contribution in [0.2, 0.25) is 5.02 Å². The third-order valence-corrected chi connectivity index (χ3v) is 5.57. The Morgan fingerprint density at radius 2 is 2.29 bits per heavy atom. The highest BCUT2D eigenvalue weighted by atomic mass is 35.5. The maximum Gasteiger partial charge on any atom is 0.265 e. The first-order valence-electron chi connectivity index (χ1n) is 7.49. The highest BCUT2D eigenvalue weighted by Crippen LogP contribution is 2.39. The Morgan fingerprint density at radius 1 is 1.50 bits per heavy atom. The minimum atomic E-state index is -0.428. The lowest BCUT2D eigenvalue weighted by atomic mass is 10.2. The molecule has 0 radical (unpaired) electrons. The van der Waals surface area contributed by atoms with Crippen LogP contribution in [-0.2, 0) is 6.54 Å². The van der Waals surface area contributed by atoms with Gasteiger partial charge in [-0.3, -0.25) is 4.79 Å². The van der Waals surface area contributed by atoms with Crippen molar-refractivity contribution in [1.82, 2.24) is 15.0 Å². The molecule has 1 aliphatic carbocycles. The number of nitrogens with zero attached hydrogens (tertiary/aromatic N) is 3. The number of hydrogen-bond acceptors (Lipinski definition) is 5. The zero-order valence-electron chi connectivity index (χ0n) is 12.8. The smallest absolute Gasteiger partial charge is 0.265 e. The van der Waals surface area contributed by atoms with E-state index >= 15 is 0 Å². The number of hydrogen-bond donors (Lipinski definition) is 0. The third kappa shape index (κ3) is 2.67. The summed E-state index contributed by atoms with van der Waals surface area (Å²) in [5, 5.41) is 4.34. The van der Waals surface area contributed by atoms with Crippen molar-refractivity contribution in [3.05, 3.63) is 45.6 Å². The number of halogens is 2. The lowest BCUT2D eigenvalue weighted by Crippen LogP contribution is -2.26. The topological polar surface area (TPSA) is 59.2 Å². The van der Waals surface area contributed by atoms with Crippen LogP contribution in [0.25, 0.3) is 10.1 Å². The predicted molar refractivity (Wildman–Crippen MR) is 88.9 cm³/mol. The SMILES string of the molecule is CN(Cc1noc(C2CC2)n1)C(=O)c1sc2cccc(F)c2c1Cl. The summed E-state index contributed by atoms with van der Waals surface area (Å²) in [4.78, 5) is 18.7. The van der Waals surface area contributed by atoms with E-state index in [1.54, 1.807) is 19.2 Å². The van der Waals surface area contributed by atoms with E-state index in [0.717, 1.165) is 12.8 Å². The largest absolute Gasteiger partial charge is 0.339 e. The molecule has 1 aromatic carbocycles. The molecule has 24 heavy (non-hydrogen) atoms. The van der Waals surface area contributed by atoms with Crippen LogP contribution in [0.4, 0.5) is 4.39 Å². The summed E-state index contributed by atoms with van der Waals surface area (Å²) in [5.74, 6) is 0.734. The summed E-state index contributed by atoms with van der Waals surface area (Å²) in [6, 6.07) is 4.67. The molecular formula is C16H13ClFN3O2S. The van der Waals surface area contributed by atoms with Crippen molar-refractivity contribution in [3.63, 3.8) is 0 Å². The fourth-order valence-electron chi connectivity index (χ4n) is 2.49. The zero-order chi connectivity index (χ0) is 16.8. The molecule has 0 unspecified atom stereocenters. The molecule has 4 rings (SSSR count). The number of fused-ring (bicyclic) bond motifs is 1. The number of carbonyl (C=O) groups is 1. The lowest BCUT2D eigenvalue weighted by Gasteiger charge is -2.13. The molecule has 2 heterocycles. The summed E-state index contributed by atoms with van der Waals surface area (Å²) < 4.78 is 19.8. The molecule has 8 heteroatoms. The van der Waals surface area contributed by atoms with Crippen LogP contribution in [0.15, 0.2) is 22.7 Å². The van der Waals surface area contributed by atoms with E-state index in [-0.39, 0.29) is 22.9 Å². The van der Waals surface area contributed by atoms with E-state index in [4.69, 9.17) is 16.1 Å². The second-order valence-electron chi connectivity index (χ2n) is 5.84. The van der Waals surface area contributed by atoms with Crippen molar-refractivity contribution in [2.24, 2.45) is 0 Å². The summed E-state index contributed by atoms with van der Waals surface area (Å²) in [5.41, 5.74) is 0. The first-order chi connectivity index (χ1) is 11.5. The molecule has 1 amide bonds. The second kappa shape index (κ2) is 5.82. The third-order valence-electron chi connectivity index (χ3n) is 3.94. The van der Waals surface area contributed by atoms with Gasteiger partial charge < -0.3 is 9.42 Å². The zero-order valence-corrected chi connectivity index (χ0v) is 14.3. The average molecular weight is 366 g/mol. The molecule has 0 saturated heterocycles. The maximum absolute atomic E-state index is 13.9. The molecule has 0 N–H and O–H groups in total. The van der Waals surface area contributed by atoms with E-state index in [9.17, 15) is 9.18 Å². The average Bonchev–Trinajstić information content (AvgIpc) is 3.21. The van der Waals surface area contributed by atoms with Gasteiger partial charge in [0.15, 0.2) is 5.82 Å². The van der Waals surface area contributed by atoms with E-state index < -0.39 is 5.82 Å². The summed E-state index contributed by atoms with van der Waals surface area (Å²) in [7, 11) is 1.63. The molecule has 0 aliphatic heterocycles. The number of benzene rings is 1. The van der Waals surface area contributed by atoms with Crippen LogP contribution in [-0.4, -0.2) is 28.0 Å². The van der Waals surface area contributed by atoms with Crippen molar-refractivity contribution in [3.8, 4) is 0 Å². The van der Waals surface area contributed by atoms with Gasteiger partial charge in [-0.1, -0.05) is 22.8 Å². The number of carbonyl (C=O) groups excluding carboxylic acids is 1. The van der Waals surface area contributed by atoms with Crippen LogP contribution < -0.4 is 0 Å². The number of aromatic nitrogens is 2. The molecule has 124 valence electrons. The Hall–Kier alpha value is -1.99. The van der Waals surface area contributed by atoms with Gasteiger partial charge >= 0.3 is 0 Å². The molecule has 1 fully saturated rings. The van der Waals surface area contributed by atoms with Crippen molar-refractivity contribution < 1.29 is 13.7 Å². The van der Waals surface area contributed by atoms with E-state index in [2.05, 4.69) is 10.1 Å². The predicted octanol–water partition coefficient (Wildman–Crippen LogP) is 4.23. The summed E-state index contributed by atoms with van der Waals surface area (Å²) in [6.45, 7) is 0.210. The fraction of sp³-hybridized carbons (Fsp3) is 0.312. The quantitative estimate of drug-likeness (QED) is 0.694. The van der Waals surface area contributed by atoms with Gasteiger partial charge in [0.25, 0.3) is 5.91 Å². The van der Waals surface area contributed by atoms with Crippen molar-refractivity contribution in [2.75, 3.05) is 7.05 Å². The molecule has 0 spiro atoms. The molecular weight excluding hydrogens is 353 g/mol. The minimum absolute atomic E-state index is 0.150. The van der Waals surface area contributed by atoms with Gasteiger partial charge in [0, 0.05) is 23.1 Å². The second-order valence-corrected chi connectivity index (χ2v) is 7.27. The van der Waals surface area contributed by atoms with Crippen molar-refractivity contribution in [1.29, 1.82) is 0 Å². The fourth-order valence-corrected chi connectivity index (χ4v) is 4.04. The van der Waals surface area contributed by atoms with Gasteiger partial charge in [-0.2, -0.15) is 4.98 Å². The Bertz CT molecular complexity index is 935. The van der Waals surface area contributed by atoms with Gasteiger partial charge in [-0.05, 0) is 25.0 Å². The minimum Gasteiger partial charge on any atom is -0.339 e. The molecule has 1 saturated carbocycles. The van der Waals surface area contributed by atoms with Gasteiger partial charge in [0.1, 0.15) is 10.7 Å². The normalized spacial score (nSPS) is 14.3. The molecule has 2 aromatic heterocycles. The number of rotatable bonds is 4. The lowest BCUT2D eigenvalue weighted by molar-refractivity contribution is 0.0785. The Balaban J connectivity index is 1.58. The summed E-state index contributed by atoms with van der Waals surface area (Å²) >= 11 is 7.41.